The molecule has 0 saturated carbocycles. The molecule has 0 N–H and O–H groups in total. The van der Waals surface area contributed by atoms with Gasteiger partial charge in [-0.05, 0) is 46.1 Å². The Morgan fingerprint density at radius 2 is 2.00 bits per heavy atom. The van der Waals surface area contributed by atoms with E-state index in [1.54, 1.807) is 6.07 Å². The summed E-state index contributed by atoms with van der Waals surface area (Å²) < 4.78 is 13.4. The first-order chi connectivity index (χ1) is 8.47. The first-order valence-corrected chi connectivity index (χ1v) is 6.15. The number of carbonyl (C=O) groups is 1. The second kappa shape index (κ2) is 6.50. The number of nitrogens with zero attached hydrogens (tertiary/aromatic N) is 2. The van der Waals surface area contributed by atoms with Crippen LogP contribution in [0.5, 0.6) is 0 Å². The van der Waals surface area contributed by atoms with Crippen LogP contribution in [0.4, 0.5) is 10.1 Å². The van der Waals surface area contributed by atoms with E-state index in [-0.39, 0.29) is 11.9 Å². The maximum absolute atomic E-state index is 13.4. The van der Waals surface area contributed by atoms with Gasteiger partial charge in [-0.3, -0.25) is 4.79 Å². The quantitative estimate of drug-likeness (QED) is 0.726. The number of rotatable bonds is 6. The molecule has 0 radical (unpaired) electrons. The fourth-order valence-electron chi connectivity index (χ4n) is 2.21. The van der Waals surface area contributed by atoms with Crippen LogP contribution in [0.15, 0.2) is 18.2 Å². The average molecular weight is 252 g/mol. The second-order valence-electron chi connectivity index (χ2n) is 4.76. The first kappa shape index (κ1) is 14.6. The third kappa shape index (κ3) is 3.81. The zero-order valence-electron chi connectivity index (χ0n) is 11.5. The number of likely N-dealkylation sites (N-methyl/N-ethyl adjacent to an activating group) is 2. The Morgan fingerprint density at radius 3 is 2.50 bits per heavy atom. The van der Waals surface area contributed by atoms with Gasteiger partial charge >= 0.3 is 0 Å². The third-order valence-electron chi connectivity index (χ3n) is 2.87. The first-order valence-electron chi connectivity index (χ1n) is 6.15. The van der Waals surface area contributed by atoms with Crippen LogP contribution in [0.3, 0.4) is 0 Å². The Balaban J connectivity index is 3.00. The van der Waals surface area contributed by atoms with Gasteiger partial charge in [0.2, 0.25) is 0 Å². The molecule has 0 aliphatic carbocycles. The highest BCUT2D eigenvalue weighted by atomic mass is 19.1. The van der Waals surface area contributed by atoms with Crippen LogP contribution in [0.25, 0.3) is 0 Å². The summed E-state index contributed by atoms with van der Waals surface area (Å²) in [4.78, 5) is 15.0. The lowest BCUT2D eigenvalue weighted by atomic mass is 10.1. The van der Waals surface area contributed by atoms with E-state index in [0.29, 0.717) is 11.8 Å². The lowest BCUT2D eigenvalue weighted by Crippen LogP contribution is -2.40. The number of benzene rings is 1. The van der Waals surface area contributed by atoms with E-state index in [1.165, 1.54) is 12.1 Å². The fraction of sp³-hybridized carbons (Fsp3) is 0.500. The molecule has 100 valence electrons. The molecule has 0 bridgehead atoms. The molecule has 1 unspecified atom stereocenters. The molecule has 1 aromatic carbocycles. The van der Waals surface area contributed by atoms with E-state index in [4.69, 9.17) is 0 Å². The SMILES string of the molecule is CCN(c1cc(F)cc(C=O)c1)C(C)CN(C)C. The number of anilines is 1. The fourth-order valence-corrected chi connectivity index (χ4v) is 2.21. The second-order valence-corrected chi connectivity index (χ2v) is 4.76. The van der Waals surface area contributed by atoms with Gasteiger partial charge in [-0.1, -0.05) is 0 Å². The van der Waals surface area contributed by atoms with Gasteiger partial charge in [0.05, 0.1) is 0 Å². The molecule has 0 aliphatic rings. The molecular weight excluding hydrogens is 231 g/mol. The van der Waals surface area contributed by atoms with Crippen molar-refractivity contribution < 1.29 is 9.18 Å². The van der Waals surface area contributed by atoms with Crippen LogP contribution in [0, 0.1) is 5.82 Å². The van der Waals surface area contributed by atoms with E-state index in [0.717, 1.165) is 18.8 Å². The minimum atomic E-state index is -0.370. The van der Waals surface area contributed by atoms with Gasteiger partial charge in [0.25, 0.3) is 0 Å². The monoisotopic (exact) mass is 252 g/mol. The van der Waals surface area contributed by atoms with Crippen molar-refractivity contribution in [3.8, 4) is 0 Å². The normalized spacial score (nSPS) is 12.6. The lowest BCUT2D eigenvalue weighted by molar-refractivity contribution is 0.112. The molecule has 0 fully saturated rings. The Morgan fingerprint density at radius 1 is 1.33 bits per heavy atom. The molecule has 0 saturated heterocycles. The van der Waals surface area contributed by atoms with Gasteiger partial charge in [0.15, 0.2) is 0 Å². The van der Waals surface area contributed by atoms with Gasteiger partial charge in [-0.2, -0.15) is 0 Å². The van der Waals surface area contributed by atoms with E-state index >= 15 is 0 Å². The summed E-state index contributed by atoms with van der Waals surface area (Å²) in [6.45, 7) is 5.77. The topological polar surface area (TPSA) is 23.6 Å². The Kier molecular flexibility index (Phi) is 5.28. The standard InChI is InChI=1S/C14H21FN2O/c1-5-17(11(2)9-16(3)4)14-7-12(10-18)6-13(15)8-14/h6-8,10-11H,5,9H2,1-4H3. The number of halogens is 1. The van der Waals surface area contributed by atoms with Crippen molar-refractivity contribution >= 4 is 12.0 Å². The summed E-state index contributed by atoms with van der Waals surface area (Å²) in [5, 5.41) is 0. The van der Waals surface area contributed by atoms with Crippen molar-refractivity contribution in [2.45, 2.75) is 19.9 Å². The average Bonchev–Trinajstić information content (AvgIpc) is 2.28. The predicted octanol–water partition coefficient (Wildman–Crippen LogP) is 2.41. The summed E-state index contributed by atoms with van der Waals surface area (Å²) in [5.41, 5.74) is 1.13. The molecule has 1 atom stereocenters. The number of carbonyl (C=O) groups excluding carboxylic acids is 1. The van der Waals surface area contributed by atoms with Gasteiger partial charge in [0.1, 0.15) is 12.1 Å². The predicted molar refractivity (Wildman–Crippen MR) is 72.8 cm³/mol. The Hall–Kier alpha value is -1.42. The summed E-state index contributed by atoms with van der Waals surface area (Å²) in [6, 6.07) is 4.71. The van der Waals surface area contributed by atoms with Crippen LogP contribution in [-0.4, -0.2) is 44.4 Å². The highest BCUT2D eigenvalue weighted by Gasteiger charge is 2.15. The minimum absolute atomic E-state index is 0.256. The van der Waals surface area contributed by atoms with Crippen LogP contribution < -0.4 is 4.90 Å². The summed E-state index contributed by atoms with van der Waals surface area (Å²) in [5.74, 6) is -0.370. The molecule has 0 aromatic heterocycles. The van der Waals surface area contributed by atoms with E-state index < -0.39 is 0 Å². The molecule has 0 spiro atoms. The van der Waals surface area contributed by atoms with Crippen LogP contribution in [0.2, 0.25) is 0 Å². The van der Waals surface area contributed by atoms with Gasteiger partial charge < -0.3 is 9.80 Å². The smallest absolute Gasteiger partial charge is 0.150 e. The molecule has 1 aromatic rings. The Labute approximate surface area is 108 Å². The van der Waals surface area contributed by atoms with E-state index in [2.05, 4.69) is 16.7 Å². The number of hydrogen-bond acceptors (Lipinski definition) is 3. The summed E-state index contributed by atoms with van der Waals surface area (Å²) >= 11 is 0. The molecule has 3 nitrogen and oxygen atoms in total. The molecule has 0 aliphatic heterocycles. The number of aldehydes is 1. The summed E-state index contributed by atoms with van der Waals surface area (Å²) in [6.07, 6.45) is 0.678. The van der Waals surface area contributed by atoms with Crippen molar-refractivity contribution in [2.75, 3.05) is 32.1 Å². The molecular formula is C14H21FN2O. The van der Waals surface area contributed by atoms with Gasteiger partial charge in [-0.15, -0.1) is 0 Å². The van der Waals surface area contributed by atoms with Crippen molar-refractivity contribution in [3.05, 3.63) is 29.6 Å². The lowest BCUT2D eigenvalue weighted by Gasteiger charge is -2.32. The van der Waals surface area contributed by atoms with Crippen molar-refractivity contribution in [1.29, 1.82) is 0 Å². The molecule has 18 heavy (non-hydrogen) atoms. The molecule has 0 amide bonds. The highest BCUT2D eigenvalue weighted by molar-refractivity contribution is 5.77. The third-order valence-corrected chi connectivity index (χ3v) is 2.87. The zero-order chi connectivity index (χ0) is 13.7. The van der Waals surface area contributed by atoms with Crippen molar-refractivity contribution in [3.63, 3.8) is 0 Å². The van der Waals surface area contributed by atoms with Crippen LogP contribution in [0.1, 0.15) is 24.2 Å². The van der Waals surface area contributed by atoms with Crippen molar-refractivity contribution in [1.82, 2.24) is 4.90 Å². The Bertz CT molecular complexity index is 407. The van der Waals surface area contributed by atoms with Crippen molar-refractivity contribution in [2.24, 2.45) is 0 Å². The highest BCUT2D eigenvalue weighted by Crippen LogP contribution is 2.20. The number of hydrogen-bond donors (Lipinski definition) is 0. The summed E-state index contributed by atoms with van der Waals surface area (Å²) in [7, 11) is 4.01. The van der Waals surface area contributed by atoms with E-state index in [9.17, 15) is 9.18 Å². The largest absolute Gasteiger partial charge is 0.368 e. The minimum Gasteiger partial charge on any atom is -0.368 e. The maximum atomic E-state index is 13.4. The van der Waals surface area contributed by atoms with Gasteiger partial charge in [-0.25, -0.2) is 4.39 Å². The maximum Gasteiger partial charge on any atom is 0.150 e. The van der Waals surface area contributed by atoms with E-state index in [1.807, 2.05) is 21.0 Å². The van der Waals surface area contributed by atoms with Crippen LogP contribution >= 0.6 is 0 Å². The zero-order valence-corrected chi connectivity index (χ0v) is 11.5. The molecule has 4 heteroatoms. The molecule has 1 rings (SSSR count). The van der Waals surface area contributed by atoms with Crippen LogP contribution in [-0.2, 0) is 0 Å². The van der Waals surface area contributed by atoms with Gasteiger partial charge in [0, 0.05) is 30.4 Å². The molecule has 0 heterocycles.